The van der Waals surface area contributed by atoms with Crippen LogP contribution in [0.1, 0.15) is 40.2 Å². The first kappa shape index (κ1) is 19.4. The highest BCUT2D eigenvalue weighted by atomic mass is 16.6. The smallest absolute Gasteiger partial charge is 0.410 e. The summed E-state index contributed by atoms with van der Waals surface area (Å²) in [4.78, 5) is 16.5. The highest BCUT2D eigenvalue weighted by Gasteiger charge is 2.31. The SMILES string of the molecule is CCOc1ccc(N)cc1CN1CCN(C(=O)OC(C)(C)C)[C@H](C)C1. The quantitative estimate of drug-likeness (QED) is 0.846. The summed E-state index contributed by atoms with van der Waals surface area (Å²) in [7, 11) is 0. The number of rotatable bonds is 4. The average molecular weight is 349 g/mol. The zero-order valence-electron chi connectivity index (χ0n) is 16.0. The van der Waals surface area contributed by atoms with Gasteiger partial charge in [-0.25, -0.2) is 4.79 Å². The Balaban J connectivity index is 1.99. The normalized spacial score (nSPS) is 18.9. The Kier molecular flexibility index (Phi) is 6.16. The molecule has 1 saturated heterocycles. The van der Waals surface area contributed by atoms with Gasteiger partial charge in [0.05, 0.1) is 6.61 Å². The lowest BCUT2D eigenvalue weighted by molar-refractivity contribution is 0.000469. The first-order valence-corrected chi connectivity index (χ1v) is 8.92. The molecule has 0 spiro atoms. The van der Waals surface area contributed by atoms with Crippen LogP contribution < -0.4 is 10.5 Å². The highest BCUT2D eigenvalue weighted by Crippen LogP contribution is 2.25. The summed E-state index contributed by atoms with van der Waals surface area (Å²) in [5.41, 5.74) is 7.28. The van der Waals surface area contributed by atoms with Gasteiger partial charge in [-0.2, -0.15) is 0 Å². The lowest BCUT2D eigenvalue weighted by Crippen LogP contribution is -2.54. The second-order valence-corrected chi connectivity index (χ2v) is 7.56. The first-order valence-electron chi connectivity index (χ1n) is 8.92. The number of nitrogen functional groups attached to an aromatic ring is 1. The van der Waals surface area contributed by atoms with Gasteiger partial charge >= 0.3 is 6.09 Å². The van der Waals surface area contributed by atoms with E-state index in [0.29, 0.717) is 13.2 Å². The van der Waals surface area contributed by atoms with E-state index < -0.39 is 5.60 Å². The molecule has 0 radical (unpaired) electrons. The fourth-order valence-electron chi connectivity index (χ4n) is 3.03. The van der Waals surface area contributed by atoms with Crippen molar-refractivity contribution in [2.24, 2.45) is 0 Å². The van der Waals surface area contributed by atoms with Crippen molar-refractivity contribution in [3.8, 4) is 5.75 Å². The molecular formula is C19H31N3O3. The molecule has 6 heteroatoms. The summed E-state index contributed by atoms with van der Waals surface area (Å²) in [5, 5.41) is 0. The van der Waals surface area contributed by atoms with E-state index in [2.05, 4.69) is 11.8 Å². The van der Waals surface area contributed by atoms with Gasteiger partial charge in [0.25, 0.3) is 0 Å². The summed E-state index contributed by atoms with van der Waals surface area (Å²) < 4.78 is 11.2. The average Bonchev–Trinajstić information content (AvgIpc) is 2.48. The molecule has 0 aliphatic carbocycles. The molecule has 1 aliphatic rings. The predicted octanol–water partition coefficient (Wildman–Crippen LogP) is 3.11. The molecule has 2 N–H and O–H groups in total. The molecule has 1 aromatic carbocycles. The van der Waals surface area contributed by atoms with Crippen LogP contribution in [0.5, 0.6) is 5.75 Å². The number of carbonyl (C=O) groups is 1. The third-order valence-electron chi connectivity index (χ3n) is 4.12. The summed E-state index contributed by atoms with van der Waals surface area (Å²) in [6.45, 7) is 13.3. The Hall–Kier alpha value is -1.95. The number of hydrogen-bond donors (Lipinski definition) is 1. The van der Waals surface area contributed by atoms with E-state index in [0.717, 1.165) is 36.6 Å². The van der Waals surface area contributed by atoms with E-state index in [9.17, 15) is 4.79 Å². The van der Waals surface area contributed by atoms with E-state index in [-0.39, 0.29) is 12.1 Å². The van der Waals surface area contributed by atoms with Crippen LogP contribution in [-0.4, -0.2) is 53.8 Å². The van der Waals surface area contributed by atoms with Crippen molar-refractivity contribution in [1.29, 1.82) is 0 Å². The molecule has 140 valence electrons. The summed E-state index contributed by atoms with van der Waals surface area (Å²) in [5.74, 6) is 0.874. The van der Waals surface area contributed by atoms with Gasteiger partial charge in [-0.1, -0.05) is 0 Å². The summed E-state index contributed by atoms with van der Waals surface area (Å²) in [6, 6.07) is 5.85. The molecule has 2 rings (SSSR count). The molecular weight excluding hydrogens is 318 g/mol. The van der Waals surface area contributed by atoms with Crippen LogP contribution in [0, 0.1) is 0 Å². The molecule has 1 aliphatic heterocycles. The van der Waals surface area contributed by atoms with Crippen LogP contribution in [0.15, 0.2) is 18.2 Å². The molecule has 1 heterocycles. The zero-order valence-corrected chi connectivity index (χ0v) is 16.0. The maximum atomic E-state index is 12.3. The summed E-state index contributed by atoms with van der Waals surface area (Å²) >= 11 is 0. The number of nitrogens with zero attached hydrogens (tertiary/aromatic N) is 2. The number of nitrogens with two attached hydrogens (primary N) is 1. The first-order chi connectivity index (χ1) is 11.7. The zero-order chi connectivity index (χ0) is 18.6. The second kappa shape index (κ2) is 7.95. The Morgan fingerprint density at radius 2 is 2.04 bits per heavy atom. The van der Waals surface area contributed by atoms with Crippen LogP contribution in [-0.2, 0) is 11.3 Å². The molecule has 1 atom stereocenters. The third kappa shape index (κ3) is 5.53. The molecule has 0 saturated carbocycles. The van der Waals surface area contributed by atoms with Crippen LogP contribution in [0.3, 0.4) is 0 Å². The predicted molar refractivity (Wildman–Crippen MR) is 99.7 cm³/mol. The second-order valence-electron chi connectivity index (χ2n) is 7.56. The molecule has 1 amide bonds. The fourth-order valence-corrected chi connectivity index (χ4v) is 3.03. The standard InChI is InChI=1S/C19H31N3O3/c1-6-24-17-8-7-16(20)11-15(17)13-21-9-10-22(14(2)12-21)18(23)25-19(3,4)5/h7-8,11,14H,6,9-10,12-13,20H2,1-5H3/t14-/m1/s1. The van der Waals surface area contributed by atoms with Crippen molar-refractivity contribution in [2.45, 2.75) is 52.8 Å². The van der Waals surface area contributed by atoms with Crippen LogP contribution >= 0.6 is 0 Å². The fraction of sp³-hybridized carbons (Fsp3) is 0.632. The number of carbonyl (C=O) groups excluding carboxylic acids is 1. The molecule has 0 unspecified atom stereocenters. The number of benzene rings is 1. The van der Waals surface area contributed by atoms with Crippen molar-refractivity contribution < 1.29 is 14.3 Å². The van der Waals surface area contributed by atoms with Crippen molar-refractivity contribution in [3.05, 3.63) is 23.8 Å². The van der Waals surface area contributed by atoms with E-state index in [1.54, 1.807) is 0 Å². The van der Waals surface area contributed by atoms with E-state index in [1.807, 2.05) is 50.8 Å². The number of amides is 1. The Bertz CT molecular complexity index is 598. The minimum atomic E-state index is -0.470. The van der Waals surface area contributed by atoms with Crippen molar-refractivity contribution in [2.75, 3.05) is 32.0 Å². The van der Waals surface area contributed by atoms with Gasteiger partial charge < -0.3 is 20.1 Å². The minimum absolute atomic E-state index is 0.0974. The topological polar surface area (TPSA) is 68.0 Å². The molecule has 0 aromatic heterocycles. The highest BCUT2D eigenvalue weighted by molar-refractivity contribution is 5.68. The van der Waals surface area contributed by atoms with Gasteiger partial charge in [-0.15, -0.1) is 0 Å². The molecule has 0 bridgehead atoms. The molecule has 25 heavy (non-hydrogen) atoms. The largest absolute Gasteiger partial charge is 0.494 e. The Labute approximate surface area is 150 Å². The van der Waals surface area contributed by atoms with Crippen molar-refractivity contribution in [1.82, 2.24) is 9.80 Å². The molecule has 6 nitrogen and oxygen atoms in total. The van der Waals surface area contributed by atoms with Gasteiger partial charge in [0.1, 0.15) is 11.4 Å². The Morgan fingerprint density at radius 1 is 1.32 bits per heavy atom. The maximum Gasteiger partial charge on any atom is 0.410 e. The van der Waals surface area contributed by atoms with Crippen LogP contribution in [0.25, 0.3) is 0 Å². The van der Waals surface area contributed by atoms with Crippen molar-refractivity contribution >= 4 is 11.8 Å². The van der Waals surface area contributed by atoms with Gasteiger partial charge in [0.2, 0.25) is 0 Å². The van der Waals surface area contributed by atoms with Crippen LogP contribution in [0.2, 0.25) is 0 Å². The van der Waals surface area contributed by atoms with E-state index >= 15 is 0 Å². The number of hydrogen-bond acceptors (Lipinski definition) is 5. The van der Waals surface area contributed by atoms with E-state index in [4.69, 9.17) is 15.2 Å². The number of anilines is 1. The lowest BCUT2D eigenvalue weighted by atomic mass is 10.1. The van der Waals surface area contributed by atoms with Crippen LogP contribution in [0.4, 0.5) is 10.5 Å². The summed E-state index contributed by atoms with van der Waals surface area (Å²) in [6.07, 6.45) is -0.237. The Morgan fingerprint density at radius 3 is 2.64 bits per heavy atom. The maximum absolute atomic E-state index is 12.3. The van der Waals surface area contributed by atoms with Gasteiger partial charge in [0.15, 0.2) is 0 Å². The minimum Gasteiger partial charge on any atom is -0.494 e. The van der Waals surface area contributed by atoms with Gasteiger partial charge in [0, 0.05) is 43.5 Å². The molecule has 1 fully saturated rings. The lowest BCUT2D eigenvalue weighted by Gasteiger charge is -2.40. The van der Waals surface area contributed by atoms with Gasteiger partial charge in [-0.3, -0.25) is 4.90 Å². The monoisotopic (exact) mass is 349 g/mol. The van der Waals surface area contributed by atoms with Gasteiger partial charge in [-0.05, 0) is 52.8 Å². The number of ether oxygens (including phenoxy) is 2. The molecule has 1 aromatic rings. The third-order valence-corrected chi connectivity index (χ3v) is 4.12. The number of piperazine rings is 1. The van der Waals surface area contributed by atoms with Crippen molar-refractivity contribution in [3.63, 3.8) is 0 Å². The van der Waals surface area contributed by atoms with E-state index in [1.165, 1.54) is 0 Å².